The van der Waals surface area contributed by atoms with Crippen LogP contribution in [0.15, 0.2) is 52.4 Å². The fraction of sp³-hybridized carbons (Fsp3) is 0. The molecule has 2 N–H and O–H groups in total. The SMILES string of the molecule is NC1=NC(=O)/C(=C/c2ccc(OC(=O)c3ccc(F)cc3)c(Cl)c2)S1. The van der Waals surface area contributed by atoms with Gasteiger partial charge in [0.15, 0.2) is 5.17 Å². The van der Waals surface area contributed by atoms with E-state index in [1.807, 2.05) is 0 Å². The molecule has 1 aliphatic rings. The van der Waals surface area contributed by atoms with E-state index in [1.54, 1.807) is 18.2 Å². The first-order valence-electron chi connectivity index (χ1n) is 6.98. The Balaban J connectivity index is 1.76. The van der Waals surface area contributed by atoms with Crippen LogP contribution >= 0.6 is 23.4 Å². The van der Waals surface area contributed by atoms with Crippen molar-refractivity contribution >= 4 is 46.5 Å². The lowest BCUT2D eigenvalue weighted by atomic mass is 10.2. The highest BCUT2D eigenvalue weighted by Gasteiger charge is 2.19. The molecule has 8 heteroatoms. The number of ether oxygens (including phenoxy) is 1. The average molecular weight is 377 g/mol. The Morgan fingerprint density at radius 1 is 1.24 bits per heavy atom. The molecule has 0 fully saturated rings. The first kappa shape index (κ1) is 17.2. The van der Waals surface area contributed by atoms with Crippen molar-refractivity contribution < 1.29 is 18.7 Å². The number of nitrogens with two attached hydrogens (primary N) is 1. The maximum Gasteiger partial charge on any atom is 0.343 e. The van der Waals surface area contributed by atoms with Gasteiger partial charge in [-0.25, -0.2) is 9.18 Å². The number of thioether (sulfide) groups is 1. The minimum atomic E-state index is -0.657. The van der Waals surface area contributed by atoms with Crippen molar-refractivity contribution in [1.82, 2.24) is 0 Å². The van der Waals surface area contributed by atoms with Crippen LogP contribution in [0.2, 0.25) is 5.02 Å². The van der Waals surface area contributed by atoms with Crippen molar-refractivity contribution in [2.45, 2.75) is 0 Å². The van der Waals surface area contributed by atoms with Crippen molar-refractivity contribution in [2.24, 2.45) is 10.7 Å². The van der Waals surface area contributed by atoms with Gasteiger partial charge in [-0.2, -0.15) is 4.99 Å². The lowest BCUT2D eigenvalue weighted by Gasteiger charge is -2.07. The molecule has 0 unspecified atom stereocenters. The van der Waals surface area contributed by atoms with Gasteiger partial charge in [-0.05, 0) is 59.8 Å². The summed E-state index contributed by atoms with van der Waals surface area (Å²) in [4.78, 5) is 27.6. The number of halogens is 2. The van der Waals surface area contributed by atoms with E-state index >= 15 is 0 Å². The van der Waals surface area contributed by atoms with Crippen LogP contribution in [0.5, 0.6) is 5.75 Å². The molecule has 0 spiro atoms. The number of amides is 1. The highest BCUT2D eigenvalue weighted by atomic mass is 35.5. The highest BCUT2D eigenvalue weighted by molar-refractivity contribution is 8.18. The quantitative estimate of drug-likeness (QED) is 0.502. The lowest BCUT2D eigenvalue weighted by molar-refractivity contribution is -0.113. The topological polar surface area (TPSA) is 81.8 Å². The molecule has 2 aromatic carbocycles. The highest BCUT2D eigenvalue weighted by Crippen LogP contribution is 2.30. The Bertz CT molecular complexity index is 926. The molecule has 0 aliphatic carbocycles. The second-order valence-electron chi connectivity index (χ2n) is 4.95. The minimum absolute atomic E-state index is 0.152. The van der Waals surface area contributed by atoms with Gasteiger partial charge in [-0.15, -0.1) is 0 Å². The standard InChI is InChI=1S/C17H10ClFN2O3S/c18-12-7-9(8-14-15(22)21-17(20)25-14)1-6-13(12)24-16(23)10-2-4-11(19)5-3-10/h1-8H,(H2,20,21,22)/b14-8-. The number of amidine groups is 1. The number of carbonyl (C=O) groups is 2. The van der Waals surface area contributed by atoms with Gasteiger partial charge in [-0.1, -0.05) is 17.7 Å². The second kappa shape index (κ2) is 7.08. The largest absolute Gasteiger partial charge is 0.421 e. The van der Waals surface area contributed by atoms with Gasteiger partial charge < -0.3 is 10.5 Å². The number of hydrogen-bond donors (Lipinski definition) is 1. The summed E-state index contributed by atoms with van der Waals surface area (Å²) >= 11 is 7.19. The molecule has 25 heavy (non-hydrogen) atoms. The normalized spacial score (nSPS) is 15.4. The predicted molar refractivity (Wildman–Crippen MR) is 95.0 cm³/mol. The Hall–Kier alpha value is -2.64. The molecule has 0 saturated heterocycles. The van der Waals surface area contributed by atoms with Crippen LogP contribution < -0.4 is 10.5 Å². The molecule has 1 amide bonds. The average Bonchev–Trinajstić information content (AvgIpc) is 2.88. The summed E-state index contributed by atoms with van der Waals surface area (Å²) in [5, 5.41) is 0.376. The van der Waals surface area contributed by atoms with Gasteiger partial charge in [-0.3, -0.25) is 4.79 Å². The third-order valence-corrected chi connectivity index (χ3v) is 4.28. The van der Waals surface area contributed by atoms with Crippen LogP contribution in [0, 0.1) is 5.82 Å². The smallest absolute Gasteiger partial charge is 0.343 e. The maximum absolute atomic E-state index is 12.9. The van der Waals surface area contributed by atoms with E-state index in [2.05, 4.69) is 4.99 Å². The molecular formula is C17H10ClFN2O3S. The van der Waals surface area contributed by atoms with Crippen LogP contribution in [0.25, 0.3) is 6.08 Å². The third kappa shape index (κ3) is 4.07. The van der Waals surface area contributed by atoms with Gasteiger partial charge in [0.25, 0.3) is 5.91 Å². The van der Waals surface area contributed by atoms with Crippen LogP contribution in [0.1, 0.15) is 15.9 Å². The number of rotatable bonds is 3. The minimum Gasteiger partial charge on any atom is -0.421 e. The molecule has 1 heterocycles. The van der Waals surface area contributed by atoms with Crippen molar-refractivity contribution in [3.05, 3.63) is 69.3 Å². The fourth-order valence-corrected chi connectivity index (χ4v) is 2.92. The molecule has 0 saturated carbocycles. The van der Waals surface area contributed by atoms with Crippen LogP contribution in [-0.2, 0) is 4.79 Å². The van der Waals surface area contributed by atoms with Crippen molar-refractivity contribution in [3.63, 3.8) is 0 Å². The van der Waals surface area contributed by atoms with Crippen LogP contribution in [0.4, 0.5) is 4.39 Å². The molecule has 5 nitrogen and oxygen atoms in total. The Labute approximate surface area is 151 Å². The van der Waals surface area contributed by atoms with E-state index in [-0.39, 0.29) is 21.5 Å². The second-order valence-corrected chi connectivity index (χ2v) is 6.42. The number of nitrogens with zero attached hydrogens (tertiary/aromatic N) is 1. The summed E-state index contributed by atoms with van der Waals surface area (Å²) < 4.78 is 18.1. The molecule has 2 aromatic rings. The summed E-state index contributed by atoms with van der Waals surface area (Å²) in [7, 11) is 0. The van der Waals surface area contributed by atoms with Gasteiger partial charge in [0.1, 0.15) is 11.6 Å². The van der Waals surface area contributed by atoms with E-state index in [0.29, 0.717) is 10.5 Å². The zero-order chi connectivity index (χ0) is 18.0. The van der Waals surface area contributed by atoms with Gasteiger partial charge in [0.05, 0.1) is 15.5 Å². The zero-order valence-corrected chi connectivity index (χ0v) is 14.1. The van der Waals surface area contributed by atoms with E-state index in [4.69, 9.17) is 22.1 Å². The van der Waals surface area contributed by atoms with Gasteiger partial charge >= 0.3 is 5.97 Å². The molecule has 0 bridgehead atoms. The molecule has 3 rings (SSSR count). The predicted octanol–water partition coefficient (Wildman–Crippen LogP) is 3.63. The number of benzene rings is 2. The van der Waals surface area contributed by atoms with Gasteiger partial charge in [0, 0.05) is 0 Å². The summed E-state index contributed by atoms with van der Waals surface area (Å²) in [6.45, 7) is 0. The number of esters is 1. The van der Waals surface area contributed by atoms with Crippen molar-refractivity contribution in [2.75, 3.05) is 0 Å². The Morgan fingerprint density at radius 3 is 2.56 bits per heavy atom. The first-order chi connectivity index (χ1) is 11.9. The number of aliphatic imine (C=N–C) groups is 1. The first-order valence-corrected chi connectivity index (χ1v) is 8.17. The monoisotopic (exact) mass is 376 g/mol. The van der Waals surface area contributed by atoms with Gasteiger partial charge in [0.2, 0.25) is 0 Å². The molecular weight excluding hydrogens is 367 g/mol. The van der Waals surface area contributed by atoms with Crippen molar-refractivity contribution in [1.29, 1.82) is 0 Å². The molecule has 0 radical (unpaired) electrons. The number of carbonyl (C=O) groups excluding carboxylic acids is 2. The van der Waals surface area contributed by atoms with Crippen molar-refractivity contribution in [3.8, 4) is 5.75 Å². The van der Waals surface area contributed by atoms with Crippen LogP contribution in [0.3, 0.4) is 0 Å². The van der Waals surface area contributed by atoms with E-state index in [9.17, 15) is 14.0 Å². The van der Waals surface area contributed by atoms with E-state index < -0.39 is 17.7 Å². The fourth-order valence-electron chi connectivity index (χ4n) is 2.01. The molecule has 0 aromatic heterocycles. The lowest BCUT2D eigenvalue weighted by Crippen LogP contribution is -2.08. The number of hydrogen-bond acceptors (Lipinski definition) is 5. The molecule has 1 aliphatic heterocycles. The zero-order valence-electron chi connectivity index (χ0n) is 12.5. The summed E-state index contributed by atoms with van der Waals surface area (Å²) in [5.74, 6) is -1.36. The Kier molecular flexibility index (Phi) is 4.87. The third-order valence-electron chi connectivity index (χ3n) is 3.17. The molecule has 0 atom stereocenters. The Morgan fingerprint density at radius 2 is 1.96 bits per heavy atom. The van der Waals surface area contributed by atoms with Crippen LogP contribution in [-0.4, -0.2) is 17.0 Å². The maximum atomic E-state index is 12.9. The summed E-state index contributed by atoms with van der Waals surface area (Å²) in [6.07, 6.45) is 1.59. The van der Waals surface area contributed by atoms with E-state index in [1.165, 1.54) is 18.2 Å². The van der Waals surface area contributed by atoms with E-state index in [0.717, 1.165) is 23.9 Å². The summed E-state index contributed by atoms with van der Waals surface area (Å²) in [6, 6.07) is 9.65. The molecule has 126 valence electrons. The summed E-state index contributed by atoms with van der Waals surface area (Å²) in [5.41, 5.74) is 6.32.